The number of alkyl carbamates (subject to hydrolysis) is 1. The van der Waals surface area contributed by atoms with Gasteiger partial charge in [-0.15, -0.1) is 0 Å². The molecule has 0 aliphatic carbocycles. The molecule has 2 aromatic rings. The Morgan fingerprint density at radius 1 is 1.09 bits per heavy atom. The van der Waals surface area contributed by atoms with E-state index in [4.69, 9.17) is 23.7 Å². The number of nitrogens with zero attached hydrogens (tertiary/aromatic N) is 2. The summed E-state index contributed by atoms with van der Waals surface area (Å²) in [6.07, 6.45) is -5.20. The third kappa shape index (κ3) is 8.34. The minimum atomic E-state index is -3.37. The number of Topliss-reactive ketones (excluding diaryl/α,β-unsaturated/α-hetero) is 2. The first-order chi connectivity index (χ1) is 26.3. The fourth-order valence-electron chi connectivity index (χ4n) is 8.67. The number of halogens is 1. The van der Waals surface area contributed by atoms with Gasteiger partial charge < -0.3 is 39.0 Å². The number of hydrogen-bond donors (Lipinski definition) is 2. The maximum atomic E-state index is 17.9. The van der Waals surface area contributed by atoms with E-state index in [1.807, 2.05) is 50.2 Å². The molecular formula is C42H56FN3O10. The summed E-state index contributed by atoms with van der Waals surface area (Å²) in [5.74, 6) is -0.535. The Bertz CT molecular complexity index is 1870. The average Bonchev–Trinajstić information content (AvgIpc) is 3.48. The predicted octanol–water partition coefficient (Wildman–Crippen LogP) is 4.54. The number of amides is 1. The Morgan fingerprint density at radius 3 is 2.45 bits per heavy atom. The number of fused-ring (bicyclic) bond motifs is 2. The second-order valence-electron chi connectivity index (χ2n) is 16.3. The van der Waals surface area contributed by atoms with Gasteiger partial charge in [0.15, 0.2) is 17.7 Å². The van der Waals surface area contributed by atoms with Crippen LogP contribution in [0.5, 0.6) is 0 Å². The van der Waals surface area contributed by atoms with Gasteiger partial charge in [0.1, 0.15) is 18.0 Å². The van der Waals surface area contributed by atoms with Crippen LogP contribution in [0.15, 0.2) is 36.5 Å². The number of likely N-dealkylation sites (N-methyl/N-ethyl adjacent to an activating group) is 1. The van der Waals surface area contributed by atoms with Crippen LogP contribution in [0, 0.1) is 29.6 Å². The summed E-state index contributed by atoms with van der Waals surface area (Å²) in [7, 11) is 5.01. The Kier molecular flexibility index (Phi) is 13.0. The largest absolute Gasteiger partial charge is 0.455 e. The van der Waals surface area contributed by atoms with Crippen molar-refractivity contribution in [2.24, 2.45) is 17.8 Å². The highest BCUT2D eigenvalue weighted by Crippen LogP contribution is 2.41. The Morgan fingerprint density at radius 2 is 1.79 bits per heavy atom. The molecule has 13 atom stereocenters. The van der Waals surface area contributed by atoms with Crippen molar-refractivity contribution in [2.45, 2.75) is 134 Å². The van der Waals surface area contributed by atoms with E-state index in [0.29, 0.717) is 12.0 Å². The lowest BCUT2D eigenvalue weighted by Gasteiger charge is -2.47. The number of hydrogen-bond acceptors (Lipinski definition) is 12. The number of esters is 1. The van der Waals surface area contributed by atoms with E-state index in [-0.39, 0.29) is 30.8 Å². The molecule has 4 heterocycles. The summed E-state index contributed by atoms with van der Waals surface area (Å²) < 4.78 is 48.2. The van der Waals surface area contributed by atoms with E-state index < -0.39 is 89.5 Å². The molecule has 56 heavy (non-hydrogen) atoms. The minimum Gasteiger partial charge on any atom is -0.455 e. The van der Waals surface area contributed by atoms with Crippen molar-refractivity contribution in [1.29, 1.82) is 0 Å². The first-order valence-electron chi connectivity index (χ1n) is 19.3. The molecule has 0 bridgehead atoms. The van der Waals surface area contributed by atoms with Crippen LogP contribution < -0.4 is 5.32 Å². The van der Waals surface area contributed by atoms with Crippen molar-refractivity contribution in [2.75, 3.05) is 21.2 Å². The number of methoxy groups -OCH3 is 1. The number of nitrogens with one attached hydrogen (secondary N) is 1. The maximum absolute atomic E-state index is 17.9. The standard InChI is InChI=1S/C42H56FN3O10/c1-11-31-41(7)34(45-39(51)56-41)25(4)32(47)23(2)21-40(6,52-10)36(55-37-33(48)30(46(8)9)19-24(3)53-37)26(5)35(49)42(43,38(50)54-31)18-14-15-27-20-28-16-12-13-17-29(28)44-22-27/h12-13,16-17,20,22-26,30-31,33-34,36-37,48H,11,18-19,21H2,1-10H3,(H,45,51)/t23-,24-,25+,26+,30+,31-,33-,34-,36-,37+,40+,41-,42?/m1/s1. The quantitative estimate of drug-likeness (QED) is 0.240. The monoisotopic (exact) mass is 781 g/mol. The molecule has 1 aromatic heterocycles. The zero-order valence-corrected chi connectivity index (χ0v) is 34.0. The highest BCUT2D eigenvalue weighted by molar-refractivity contribution is 6.08. The smallest absolute Gasteiger partial charge is 0.408 e. The molecule has 1 unspecified atom stereocenters. The second-order valence-corrected chi connectivity index (χ2v) is 16.3. The van der Waals surface area contributed by atoms with Crippen molar-refractivity contribution >= 4 is 34.5 Å². The normalized spacial score (nSPS) is 38.5. The lowest BCUT2D eigenvalue weighted by atomic mass is 9.73. The first-order valence-corrected chi connectivity index (χ1v) is 19.3. The topological polar surface area (TPSA) is 163 Å². The molecule has 1 aromatic carbocycles. The van der Waals surface area contributed by atoms with E-state index in [1.54, 1.807) is 33.8 Å². The number of aliphatic hydroxyl groups excluding tert-OH is 1. The average molecular weight is 782 g/mol. The van der Waals surface area contributed by atoms with E-state index in [2.05, 4.69) is 22.1 Å². The van der Waals surface area contributed by atoms with Crippen LogP contribution in [0.25, 0.3) is 10.9 Å². The number of cyclic esters (lactones) is 1. The summed E-state index contributed by atoms with van der Waals surface area (Å²) in [6, 6.07) is 7.78. The molecule has 3 aliphatic heterocycles. The van der Waals surface area contributed by atoms with Crippen molar-refractivity contribution < 1.29 is 52.4 Å². The van der Waals surface area contributed by atoms with Crippen molar-refractivity contribution in [3.05, 3.63) is 42.1 Å². The first kappa shape index (κ1) is 43.1. The van der Waals surface area contributed by atoms with Gasteiger partial charge >= 0.3 is 12.1 Å². The molecule has 13 nitrogen and oxygen atoms in total. The number of rotatable bonds is 6. The fourth-order valence-corrected chi connectivity index (χ4v) is 8.67. The lowest BCUT2D eigenvalue weighted by molar-refractivity contribution is -0.295. The molecule has 306 valence electrons. The van der Waals surface area contributed by atoms with Crippen LogP contribution in [0.3, 0.4) is 0 Å². The molecule has 0 spiro atoms. The maximum Gasteiger partial charge on any atom is 0.408 e. The van der Waals surface area contributed by atoms with Gasteiger partial charge in [-0.3, -0.25) is 14.6 Å². The highest BCUT2D eigenvalue weighted by atomic mass is 19.1. The highest BCUT2D eigenvalue weighted by Gasteiger charge is 2.60. The summed E-state index contributed by atoms with van der Waals surface area (Å²) in [4.78, 5) is 62.4. The number of pyridine rings is 1. The van der Waals surface area contributed by atoms with Crippen molar-refractivity contribution in [1.82, 2.24) is 15.2 Å². The SMILES string of the molecule is CC[C@H]1OC(=O)C(F)(CC#Cc2cnc3ccccc3c2)C(=O)[C@H](C)[C@@H](O[C@@H]2O[C@H](C)C[C@H](N(C)C)[C@H]2O)[C@@](C)(OC)C[C@@H](C)C(=O)[C@H](C)[C@H]2NC(=O)O[C@@]21C. The van der Waals surface area contributed by atoms with Gasteiger partial charge in [-0.2, -0.15) is 0 Å². The van der Waals surface area contributed by atoms with Crippen LogP contribution in [0.1, 0.15) is 79.7 Å². The fraction of sp³-hybridized carbons (Fsp3) is 0.643. The predicted molar refractivity (Wildman–Crippen MR) is 204 cm³/mol. The number of ether oxygens (including phenoxy) is 5. The number of ketones is 2. The number of aromatic nitrogens is 1. The van der Waals surface area contributed by atoms with Gasteiger partial charge in [0.2, 0.25) is 0 Å². The van der Waals surface area contributed by atoms with Crippen molar-refractivity contribution in [3.63, 3.8) is 0 Å². The van der Waals surface area contributed by atoms with Crippen LogP contribution in [-0.4, -0.2) is 119 Å². The molecule has 1 amide bonds. The Labute approximate surface area is 328 Å². The van der Waals surface area contributed by atoms with E-state index in [1.165, 1.54) is 27.2 Å². The zero-order chi connectivity index (χ0) is 41.3. The molecule has 0 saturated carbocycles. The molecule has 14 heteroatoms. The summed E-state index contributed by atoms with van der Waals surface area (Å²) in [6.45, 7) is 11.4. The molecule has 3 fully saturated rings. The molecule has 3 aliphatic rings. The number of benzene rings is 1. The second kappa shape index (κ2) is 16.8. The number of carbonyl (C=O) groups is 4. The van der Waals surface area contributed by atoms with Gasteiger partial charge in [-0.25, -0.2) is 14.0 Å². The summed E-state index contributed by atoms with van der Waals surface area (Å²) in [5, 5.41) is 15.0. The Hall–Kier alpha value is -4.00. The van der Waals surface area contributed by atoms with Crippen molar-refractivity contribution in [3.8, 4) is 11.8 Å². The number of para-hydroxylation sites is 1. The van der Waals surface area contributed by atoms with Crippen LogP contribution in [0.2, 0.25) is 0 Å². The third-order valence-electron chi connectivity index (χ3n) is 12.0. The summed E-state index contributed by atoms with van der Waals surface area (Å²) >= 11 is 0. The molecule has 3 saturated heterocycles. The number of alkyl halides is 1. The minimum absolute atomic E-state index is 0.0294. The van der Waals surface area contributed by atoms with Gasteiger partial charge in [0, 0.05) is 48.1 Å². The number of carbonyl (C=O) groups excluding carboxylic acids is 4. The molecule has 0 radical (unpaired) electrons. The molecule has 5 rings (SSSR count). The van der Waals surface area contributed by atoms with E-state index >= 15 is 4.39 Å². The third-order valence-corrected chi connectivity index (χ3v) is 12.0. The summed E-state index contributed by atoms with van der Waals surface area (Å²) in [5.41, 5.74) is -5.31. The van der Waals surface area contributed by atoms with Crippen LogP contribution in [0.4, 0.5) is 9.18 Å². The zero-order valence-electron chi connectivity index (χ0n) is 34.0. The molecule has 2 N–H and O–H groups in total. The van der Waals surface area contributed by atoms with Crippen LogP contribution in [-0.2, 0) is 38.1 Å². The Balaban J connectivity index is 1.63. The van der Waals surface area contributed by atoms with Gasteiger partial charge in [-0.1, -0.05) is 57.7 Å². The van der Waals surface area contributed by atoms with Gasteiger partial charge in [-0.05, 0) is 66.3 Å². The number of aliphatic hydroxyl groups is 1. The van der Waals surface area contributed by atoms with Gasteiger partial charge in [0.25, 0.3) is 5.67 Å². The van der Waals surface area contributed by atoms with Crippen LogP contribution >= 0.6 is 0 Å². The van der Waals surface area contributed by atoms with E-state index in [9.17, 15) is 24.3 Å². The van der Waals surface area contributed by atoms with E-state index in [0.717, 1.165) is 10.9 Å². The van der Waals surface area contributed by atoms with Gasteiger partial charge in [0.05, 0.1) is 35.8 Å². The lowest BCUT2D eigenvalue weighted by Crippen LogP contribution is -2.62. The molecular weight excluding hydrogens is 725 g/mol.